The van der Waals surface area contributed by atoms with Gasteiger partial charge in [0.05, 0.1) is 0 Å². The molecule has 0 spiro atoms. The molecule has 1 unspecified atom stereocenters. The van der Waals surface area contributed by atoms with E-state index in [1.807, 2.05) is 0 Å². The summed E-state index contributed by atoms with van der Waals surface area (Å²) in [6.45, 7) is 0.569. The molecule has 0 aromatic carbocycles. The zero-order valence-corrected chi connectivity index (χ0v) is 7.74. The Hall–Kier alpha value is 1.39. The van der Waals surface area contributed by atoms with Crippen molar-refractivity contribution in [2.75, 3.05) is 0 Å². The monoisotopic (exact) mass is 152 g/mol. The summed E-state index contributed by atoms with van der Waals surface area (Å²) in [6, 6.07) is 0. The summed E-state index contributed by atoms with van der Waals surface area (Å²) in [5.41, 5.74) is 0. The van der Waals surface area contributed by atoms with Gasteiger partial charge in [-0.2, -0.15) is 13.2 Å². The molecule has 0 aliphatic carbocycles. The molecule has 1 atom stereocenters. The Morgan fingerprint density at radius 1 is 1.38 bits per heavy atom. The van der Waals surface area contributed by atoms with E-state index in [-0.39, 0.29) is 51.4 Å². The van der Waals surface area contributed by atoms with Gasteiger partial charge in [-0.1, -0.05) is 6.92 Å². The first-order chi connectivity index (χ1) is 2.94. The van der Waals surface area contributed by atoms with Gasteiger partial charge in [0, 0.05) is 0 Å². The van der Waals surface area contributed by atoms with Crippen molar-refractivity contribution in [3.8, 4) is 0 Å². The molecule has 8 heavy (non-hydrogen) atoms. The second kappa shape index (κ2) is 4.24. The van der Waals surface area contributed by atoms with Gasteiger partial charge in [0.15, 0.2) is 0 Å². The predicted molar refractivity (Wildman–Crippen MR) is 15.5 cm³/mol. The molecule has 0 rings (SSSR count). The first-order valence-electron chi connectivity index (χ1n) is 1.67. The van der Waals surface area contributed by atoms with Gasteiger partial charge in [-0.25, -0.2) is 0 Å². The van der Waals surface area contributed by atoms with Crippen molar-refractivity contribution in [1.82, 2.24) is 0 Å². The molecule has 0 heterocycles. The molecule has 0 amide bonds. The second-order valence-corrected chi connectivity index (χ2v) is 1.18. The maximum absolute atomic E-state index is 10.9. The van der Waals surface area contributed by atoms with Gasteiger partial charge in [-0.3, -0.25) is 0 Å². The van der Waals surface area contributed by atoms with E-state index < -0.39 is 12.3 Å². The third kappa shape index (κ3) is 5.52. The SMILES string of the molecule is CC([O-])C(F)(F)F.[K+]. The third-order valence-corrected chi connectivity index (χ3v) is 0.461. The van der Waals surface area contributed by atoms with Crippen molar-refractivity contribution in [3.05, 3.63) is 0 Å². The van der Waals surface area contributed by atoms with Crippen molar-refractivity contribution < 1.29 is 69.7 Å². The summed E-state index contributed by atoms with van der Waals surface area (Å²) in [7, 11) is 0. The predicted octanol–water partition coefficient (Wildman–Crippen LogP) is -2.70. The van der Waals surface area contributed by atoms with Crippen molar-refractivity contribution >= 4 is 0 Å². The van der Waals surface area contributed by atoms with Crippen LogP contribution in [0.2, 0.25) is 0 Å². The van der Waals surface area contributed by atoms with Crippen LogP contribution in [0.3, 0.4) is 0 Å². The molecule has 5 heteroatoms. The molecular weight excluding hydrogens is 148 g/mol. The van der Waals surface area contributed by atoms with Crippen LogP contribution < -0.4 is 56.5 Å². The van der Waals surface area contributed by atoms with Crippen LogP contribution in [0.5, 0.6) is 0 Å². The number of hydrogen-bond donors (Lipinski definition) is 0. The quantitative estimate of drug-likeness (QED) is 0.346. The van der Waals surface area contributed by atoms with E-state index in [0.29, 0.717) is 6.92 Å². The Balaban J connectivity index is 0. The largest absolute Gasteiger partial charge is 1.00 e. The topological polar surface area (TPSA) is 23.1 Å². The number of rotatable bonds is 0. The minimum Gasteiger partial charge on any atom is -0.846 e. The van der Waals surface area contributed by atoms with E-state index >= 15 is 0 Å². The van der Waals surface area contributed by atoms with Gasteiger partial charge in [0.25, 0.3) is 0 Å². The standard InChI is InChI=1S/C3H4F3O.K/c1-2(7)3(4,5)6;/h2H,1H3;/q-1;+1. The maximum Gasteiger partial charge on any atom is 1.00 e. The first kappa shape index (κ1) is 12.1. The van der Waals surface area contributed by atoms with Crippen molar-refractivity contribution in [3.63, 3.8) is 0 Å². The van der Waals surface area contributed by atoms with E-state index in [9.17, 15) is 18.3 Å². The van der Waals surface area contributed by atoms with Gasteiger partial charge in [0.1, 0.15) is 0 Å². The molecule has 0 aliphatic rings. The van der Waals surface area contributed by atoms with E-state index in [4.69, 9.17) is 0 Å². The maximum atomic E-state index is 10.9. The Morgan fingerprint density at radius 3 is 1.50 bits per heavy atom. The fourth-order valence-corrected chi connectivity index (χ4v) is 0. The molecule has 0 radical (unpaired) electrons. The first-order valence-corrected chi connectivity index (χ1v) is 1.67. The van der Waals surface area contributed by atoms with Crippen LogP contribution in [0.4, 0.5) is 13.2 Å². The molecule has 0 saturated carbocycles. The van der Waals surface area contributed by atoms with Gasteiger partial charge in [0.2, 0.25) is 0 Å². The third-order valence-electron chi connectivity index (χ3n) is 0.461. The summed E-state index contributed by atoms with van der Waals surface area (Å²) in [5.74, 6) is 0. The fourth-order valence-electron chi connectivity index (χ4n) is 0. The zero-order chi connectivity index (χ0) is 6.08. The number of halogens is 3. The molecular formula is C3H4F3KO. The van der Waals surface area contributed by atoms with Crippen LogP contribution in [-0.4, -0.2) is 12.3 Å². The fraction of sp³-hybridized carbons (Fsp3) is 1.00. The summed E-state index contributed by atoms with van der Waals surface area (Å²) in [5, 5.41) is 9.42. The van der Waals surface area contributed by atoms with Crippen molar-refractivity contribution in [1.29, 1.82) is 0 Å². The van der Waals surface area contributed by atoms with Crippen molar-refractivity contribution in [2.45, 2.75) is 19.2 Å². The minimum atomic E-state index is -4.56. The molecule has 0 bridgehead atoms. The number of hydrogen-bond acceptors (Lipinski definition) is 1. The minimum absolute atomic E-state index is 0. The van der Waals surface area contributed by atoms with E-state index in [2.05, 4.69) is 0 Å². The smallest absolute Gasteiger partial charge is 0.846 e. The Kier molecular flexibility index (Phi) is 6.42. The molecule has 0 N–H and O–H groups in total. The molecule has 0 saturated heterocycles. The Bertz CT molecular complexity index is 60.0. The van der Waals surface area contributed by atoms with E-state index in [1.54, 1.807) is 0 Å². The van der Waals surface area contributed by atoms with Gasteiger partial charge in [-0.15, -0.1) is 0 Å². The summed E-state index contributed by atoms with van der Waals surface area (Å²) in [4.78, 5) is 0. The molecule has 0 aliphatic heterocycles. The Morgan fingerprint density at radius 2 is 1.50 bits per heavy atom. The Labute approximate surface area is 87.7 Å². The van der Waals surface area contributed by atoms with Crippen molar-refractivity contribution in [2.24, 2.45) is 0 Å². The van der Waals surface area contributed by atoms with Gasteiger partial charge in [-0.05, 0) is 6.10 Å². The van der Waals surface area contributed by atoms with Gasteiger partial charge >= 0.3 is 57.6 Å². The van der Waals surface area contributed by atoms with E-state index in [1.165, 1.54) is 0 Å². The van der Waals surface area contributed by atoms with Gasteiger partial charge < -0.3 is 5.11 Å². The molecule has 0 aromatic rings. The van der Waals surface area contributed by atoms with Crippen LogP contribution >= 0.6 is 0 Å². The van der Waals surface area contributed by atoms with Crippen LogP contribution in [0.1, 0.15) is 6.92 Å². The zero-order valence-electron chi connectivity index (χ0n) is 4.62. The summed E-state index contributed by atoms with van der Waals surface area (Å²) >= 11 is 0. The van der Waals surface area contributed by atoms with Crippen LogP contribution in [0, 0.1) is 0 Å². The normalized spacial score (nSPS) is 14.6. The summed E-state index contributed by atoms with van der Waals surface area (Å²) in [6.07, 6.45) is -7.01. The molecule has 44 valence electrons. The summed E-state index contributed by atoms with van der Waals surface area (Å²) < 4.78 is 32.6. The van der Waals surface area contributed by atoms with E-state index in [0.717, 1.165) is 0 Å². The number of alkyl halides is 3. The molecule has 0 fully saturated rings. The average molecular weight is 152 g/mol. The van der Waals surface area contributed by atoms with Crippen LogP contribution in [-0.2, 0) is 0 Å². The van der Waals surface area contributed by atoms with Crippen LogP contribution in [0.25, 0.3) is 0 Å². The second-order valence-electron chi connectivity index (χ2n) is 1.18. The average Bonchev–Trinajstić information content (AvgIpc) is 1.31. The molecule has 1 nitrogen and oxygen atoms in total. The van der Waals surface area contributed by atoms with Crippen LogP contribution in [0.15, 0.2) is 0 Å². The molecule has 0 aromatic heterocycles.